The minimum atomic E-state index is -1.13. The first-order valence-electron chi connectivity index (χ1n) is 23.3. The first kappa shape index (κ1) is 50.4. The molecule has 0 aromatic heterocycles. The Morgan fingerprint density at radius 2 is 0.667 bits per heavy atom. The highest BCUT2D eigenvalue weighted by Gasteiger charge is 2.26. The maximum atomic E-state index is 12.4. The predicted molar refractivity (Wildman–Crippen MR) is 222 cm³/mol. The van der Waals surface area contributed by atoms with E-state index >= 15 is 0 Å². The van der Waals surface area contributed by atoms with Gasteiger partial charge in [-0.1, -0.05) is 245 Å². The Labute approximate surface area is 319 Å². The number of hydrogen-bond acceptors (Lipinski definition) is 4. The van der Waals surface area contributed by atoms with E-state index in [1.165, 1.54) is 205 Å². The molecule has 0 radical (unpaired) electrons. The molecule has 1 amide bonds. The third-order valence-electron chi connectivity index (χ3n) is 11.2. The largest absolute Gasteiger partial charge is 0.394 e. The maximum absolute atomic E-state index is 12.4. The number of nitrogens with one attached hydrogen (secondary N) is 1. The lowest BCUT2D eigenvalue weighted by Gasteiger charge is -2.26. The van der Waals surface area contributed by atoms with Crippen LogP contribution in [-0.4, -0.2) is 46.1 Å². The second-order valence-corrected chi connectivity index (χ2v) is 16.3. The Morgan fingerprint density at radius 1 is 0.412 bits per heavy atom. The molecule has 3 unspecified atom stereocenters. The van der Waals surface area contributed by atoms with E-state index < -0.39 is 18.2 Å². The van der Waals surface area contributed by atoms with Crippen molar-refractivity contribution in [2.75, 3.05) is 6.61 Å². The molecule has 0 fully saturated rings. The average molecular weight is 724 g/mol. The average Bonchev–Trinajstić information content (AvgIpc) is 3.13. The zero-order valence-electron chi connectivity index (χ0n) is 34.8. The van der Waals surface area contributed by atoms with Crippen LogP contribution in [0, 0.1) is 0 Å². The molecule has 0 rings (SSSR count). The summed E-state index contributed by atoms with van der Waals surface area (Å²) in [6.07, 6.45) is 47.9. The zero-order chi connectivity index (χ0) is 37.3. The topological polar surface area (TPSA) is 89.8 Å². The molecule has 51 heavy (non-hydrogen) atoms. The van der Waals surface area contributed by atoms with Gasteiger partial charge in [-0.05, 0) is 12.8 Å². The van der Waals surface area contributed by atoms with Crippen LogP contribution in [0.3, 0.4) is 0 Å². The van der Waals surface area contributed by atoms with Crippen molar-refractivity contribution >= 4 is 5.91 Å². The summed E-state index contributed by atoms with van der Waals surface area (Å²) in [5, 5.41) is 33.6. The molecule has 0 saturated heterocycles. The van der Waals surface area contributed by atoms with E-state index in [1.807, 2.05) is 0 Å². The number of rotatable bonds is 43. The number of aliphatic hydroxyl groups is 3. The summed E-state index contributed by atoms with van der Waals surface area (Å²) in [4.78, 5) is 12.4. The lowest BCUT2D eigenvalue weighted by atomic mass is 9.99. The number of unbranched alkanes of at least 4 members (excludes halogenated alkanes) is 35. The molecule has 0 aromatic rings. The van der Waals surface area contributed by atoms with Gasteiger partial charge in [-0.2, -0.15) is 0 Å². The third-order valence-corrected chi connectivity index (χ3v) is 11.2. The van der Waals surface area contributed by atoms with E-state index in [9.17, 15) is 20.1 Å². The van der Waals surface area contributed by atoms with Gasteiger partial charge in [-0.3, -0.25) is 4.79 Å². The summed E-state index contributed by atoms with van der Waals surface area (Å²) in [7, 11) is 0. The predicted octanol–water partition coefficient (Wildman–Crippen LogP) is 13.4. The minimum absolute atomic E-state index is 0.140. The van der Waals surface area contributed by atoms with Gasteiger partial charge in [0.15, 0.2) is 0 Å². The minimum Gasteiger partial charge on any atom is -0.394 e. The number of carbonyl (C=O) groups is 1. The molecule has 0 aliphatic heterocycles. The fourth-order valence-electron chi connectivity index (χ4n) is 7.58. The van der Waals surface area contributed by atoms with Gasteiger partial charge in [-0.15, -0.1) is 0 Å². The van der Waals surface area contributed by atoms with Crippen molar-refractivity contribution < 1.29 is 20.1 Å². The molecule has 5 nitrogen and oxygen atoms in total. The maximum Gasteiger partial charge on any atom is 0.220 e. The molecule has 4 N–H and O–H groups in total. The van der Waals surface area contributed by atoms with Gasteiger partial charge in [0.2, 0.25) is 5.91 Å². The van der Waals surface area contributed by atoms with E-state index in [1.54, 1.807) is 0 Å². The highest BCUT2D eigenvalue weighted by molar-refractivity contribution is 5.76. The van der Waals surface area contributed by atoms with Crippen molar-refractivity contribution in [1.29, 1.82) is 0 Å². The van der Waals surface area contributed by atoms with Crippen LogP contribution in [0.15, 0.2) is 0 Å². The van der Waals surface area contributed by atoms with Crippen molar-refractivity contribution in [1.82, 2.24) is 5.32 Å². The smallest absolute Gasteiger partial charge is 0.220 e. The molecule has 0 bridgehead atoms. The van der Waals surface area contributed by atoms with Gasteiger partial charge in [-0.25, -0.2) is 0 Å². The van der Waals surface area contributed by atoms with Crippen LogP contribution < -0.4 is 5.32 Å². The normalized spacial score (nSPS) is 13.4. The summed E-state index contributed by atoms with van der Waals surface area (Å²) in [5.74, 6) is -0.140. The van der Waals surface area contributed by atoms with Crippen LogP contribution in [-0.2, 0) is 4.79 Å². The first-order valence-corrected chi connectivity index (χ1v) is 23.3. The fourth-order valence-corrected chi connectivity index (χ4v) is 7.58. The molecular formula is C46H93NO4. The monoisotopic (exact) mass is 724 g/mol. The van der Waals surface area contributed by atoms with Crippen LogP contribution in [0.2, 0.25) is 0 Å². The van der Waals surface area contributed by atoms with Gasteiger partial charge in [0.25, 0.3) is 0 Å². The molecule has 3 atom stereocenters. The van der Waals surface area contributed by atoms with Crippen LogP contribution >= 0.6 is 0 Å². The molecule has 0 spiro atoms. The third kappa shape index (κ3) is 37.5. The molecule has 0 heterocycles. The number of amides is 1. The molecule has 0 aromatic carbocycles. The van der Waals surface area contributed by atoms with Crippen molar-refractivity contribution in [2.24, 2.45) is 0 Å². The summed E-state index contributed by atoms with van der Waals surface area (Å²) < 4.78 is 0. The lowest BCUT2D eigenvalue weighted by molar-refractivity contribution is -0.124. The first-order chi connectivity index (χ1) is 25.1. The second kappa shape index (κ2) is 42.1. The number of hydrogen-bond donors (Lipinski definition) is 4. The van der Waals surface area contributed by atoms with Crippen molar-refractivity contribution in [3.05, 3.63) is 0 Å². The van der Waals surface area contributed by atoms with E-state index in [0.29, 0.717) is 12.8 Å². The van der Waals surface area contributed by atoms with Crippen LogP contribution in [0.4, 0.5) is 0 Å². The van der Waals surface area contributed by atoms with E-state index in [4.69, 9.17) is 0 Å². The van der Waals surface area contributed by atoms with E-state index in [0.717, 1.165) is 32.1 Å². The Hall–Kier alpha value is -0.650. The summed E-state index contributed by atoms with van der Waals surface area (Å²) in [5.41, 5.74) is 0. The molecule has 306 valence electrons. The van der Waals surface area contributed by atoms with Gasteiger partial charge in [0, 0.05) is 6.42 Å². The zero-order valence-corrected chi connectivity index (χ0v) is 34.8. The number of aliphatic hydroxyl groups excluding tert-OH is 3. The molecule has 0 aliphatic rings. The Kier molecular flexibility index (Phi) is 41.6. The highest BCUT2D eigenvalue weighted by Crippen LogP contribution is 2.17. The van der Waals surface area contributed by atoms with Crippen molar-refractivity contribution in [2.45, 2.75) is 283 Å². The van der Waals surface area contributed by atoms with Gasteiger partial charge in [0.05, 0.1) is 18.8 Å². The van der Waals surface area contributed by atoms with Crippen LogP contribution in [0.5, 0.6) is 0 Å². The fraction of sp³-hybridized carbons (Fsp3) is 0.978. The van der Waals surface area contributed by atoms with Gasteiger partial charge < -0.3 is 20.6 Å². The standard InChI is InChI=1S/C46H93NO4/c1-3-5-7-9-11-13-15-17-19-20-21-22-23-24-25-26-27-28-30-32-34-36-38-40-44(49)46(51)43(42-48)47-45(50)41-39-37-35-33-31-29-18-16-14-12-10-8-6-4-2/h43-44,46,48-49,51H,3-42H2,1-2H3,(H,47,50). The lowest BCUT2D eigenvalue weighted by Crippen LogP contribution is -2.50. The molecule has 5 heteroatoms. The van der Waals surface area contributed by atoms with E-state index in [-0.39, 0.29) is 12.5 Å². The molecule has 0 saturated carbocycles. The summed E-state index contributed by atoms with van der Waals surface area (Å²) in [6.45, 7) is 4.20. The quantitative estimate of drug-likeness (QED) is 0.0472. The van der Waals surface area contributed by atoms with E-state index in [2.05, 4.69) is 19.2 Å². The summed E-state index contributed by atoms with van der Waals surface area (Å²) in [6, 6.07) is -0.802. The molecule has 0 aliphatic carbocycles. The highest BCUT2D eigenvalue weighted by atomic mass is 16.3. The Balaban J connectivity index is 3.54. The Morgan fingerprint density at radius 3 is 0.941 bits per heavy atom. The SMILES string of the molecule is CCCCCCCCCCCCCCCCCCCCCCCCCC(O)C(O)C(CO)NC(=O)CCCCCCCCCCCCCCCC. The van der Waals surface area contributed by atoms with Gasteiger partial charge in [0.1, 0.15) is 6.10 Å². The van der Waals surface area contributed by atoms with Crippen molar-refractivity contribution in [3.8, 4) is 0 Å². The van der Waals surface area contributed by atoms with Gasteiger partial charge >= 0.3 is 0 Å². The van der Waals surface area contributed by atoms with Crippen molar-refractivity contribution in [3.63, 3.8) is 0 Å². The van der Waals surface area contributed by atoms with Crippen LogP contribution in [0.1, 0.15) is 264 Å². The Bertz CT molecular complexity index is 674. The number of carbonyl (C=O) groups excluding carboxylic acids is 1. The second-order valence-electron chi connectivity index (χ2n) is 16.3. The molecular weight excluding hydrogens is 631 g/mol. The van der Waals surface area contributed by atoms with Crippen LogP contribution in [0.25, 0.3) is 0 Å². The summed E-state index contributed by atoms with van der Waals surface area (Å²) >= 11 is 0.